The second-order valence-corrected chi connectivity index (χ2v) is 5.01. The average Bonchev–Trinajstić information content (AvgIpc) is 2.40. The third kappa shape index (κ3) is 3.81. The first-order chi connectivity index (χ1) is 9.56. The van der Waals surface area contributed by atoms with Gasteiger partial charge in [0.05, 0.1) is 10.9 Å². The summed E-state index contributed by atoms with van der Waals surface area (Å²) >= 11 is 3.17. The molecule has 0 saturated carbocycles. The third-order valence-electron chi connectivity index (χ3n) is 2.68. The smallest absolute Gasteiger partial charge is 0.307 e. The van der Waals surface area contributed by atoms with Crippen LogP contribution >= 0.6 is 15.9 Å². The van der Waals surface area contributed by atoms with Gasteiger partial charge in [-0.25, -0.2) is 4.39 Å². The van der Waals surface area contributed by atoms with Crippen molar-refractivity contribution in [2.45, 2.75) is 13.0 Å². The number of carbonyl (C=O) groups is 1. The van der Waals surface area contributed by atoms with Gasteiger partial charge in [-0.05, 0) is 39.7 Å². The summed E-state index contributed by atoms with van der Waals surface area (Å²) in [6, 6.07) is 11.6. The number of carboxylic acids is 1. The van der Waals surface area contributed by atoms with Crippen molar-refractivity contribution in [3.05, 3.63) is 63.9 Å². The molecule has 0 saturated heterocycles. The predicted octanol–water partition coefficient (Wildman–Crippen LogP) is 3.79. The molecule has 0 heterocycles. The van der Waals surface area contributed by atoms with Crippen LogP contribution in [0.4, 0.5) is 4.39 Å². The molecule has 0 fully saturated rings. The van der Waals surface area contributed by atoms with E-state index in [4.69, 9.17) is 9.84 Å². The van der Waals surface area contributed by atoms with Gasteiger partial charge in [0.25, 0.3) is 0 Å². The zero-order valence-corrected chi connectivity index (χ0v) is 12.1. The monoisotopic (exact) mass is 338 g/mol. The van der Waals surface area contributed by atoms with Crippen molar-refractivity contribution >= 4 is 21.9 Å². The molecule has 2 rings (SSSR count). The lowest BCUT2D eigenvalue weighted by atomic mass is 10.1. The van der Waals surface area contributed by atoms with Gasteiger partial charge in [-0.1, -0.05) is 24.3 Å². The number of benzene rings is 2. The van der Waals surface area contributed by atoms with Gasteiger partial charge >= 0.3 is 5.97 Å². The molecule has 104 valence electrons. The Kier molecular flexibility index (Phi) is 4.74. The Hall–Kier alpha value is -1.88. The highest BCUT2D eigenvalue weighted by atomic mass is 79.9. The second-order valence-electron chi connectivity index (χ2n) is 4.22. The molecule has 1 N–H and O–H groups in total. The first kappa shape index (κ1) is 14.5. The molecule has 0 aliphatic heterocycles. The molecule has 0 aliphatic rings. The van der Waals surface area contributed by atoms with Crippen LogP contribution in [0.2, 0.25) is 0 Å². The maximum Gasteiger partial charge on any atom is 0.307 e. The maximum atomic E-state index is 13.3. The van der Waals surface area contributed by atoms with E-state index in [2.05, 4.69) is 15.9 Å². The summed E-state index contributed by atoms with van der Waals surface area (Å²) in [6.45, 7) is 0.203. The van der Waals surface area contributed by atoms with Gasteiger partial charge in [-0.3, -0.25) is 4.79 Å². The number of rotatable bonds is 5. The fraction of sp³-hybridized carbons (Fsp3) is 0.133. The van der Waals surface area contributed by atoms with E-state index in [1.807, 2.05) is 0 Å². The molecule has 2 aromatic carbocycles. The zero-order valence-electron chi connectivity index (χ0n) is 10.5. The molecule has 0 aliphatic carbocycles. The number of halogens is 2. The largest absolute Gasteiger partial charge is 0.489 e. The van der Waals surface area contributed by atoms with Gasteiger partial charge in [-0.15, -0.1) is 0 Å². The van der Waals surface area contributed by atoms with Crippen LogP contribution in [0.1, 0.15) is 11.1 Å². The van der Waals surface area contributed by atoms with Gasteiger partial charge in [0.1, 0.15) is 18.2 Å². The number of hydrogen-bond donors (Lipinski definition) is 1. The molecule has 0 unspecified atom stereocenters. The van der Waals surface area contributed by atoms with Crippen LogP contribution in [0.15, 0.2) is 46.9 Å². The van der Waals surface area contributed by atoms with Crippen LogP contribution in [0.3, 0.4) is 0 Å². The topological polar surface area (TPSA) is 46.5 Å². The van der Waals surface area contributed by atoms with Crippen LogP contribution in [0.25, 0.3) is 0 Å². The van der Waals surface area contributed by atoms with Gasteiger partial charge in [0.2, 0.25) is 0 Å². The van der Waals surface area contributed by atoms with E-state index in [0.717, 1.165) is 0 Å². The Balaban J connectivity index is 2.07. The van der Waals surface area contributed by atoms with E-state index in [-0.39, 0.29) is 18.8 Å². The fourth-order valence-corrected chi connectivity index (χ4v) is 2.12. The highest BCUT2D eigenvalue weighted by Gasteiger charge is 2.06. The van der Waals surface area contributed by atoms with E-state index in [1.54, 1.807) is 36.4 Å². The van der Waals surface area contributed by atoms with E-state index in [9.17, 15) is 9.18 Å². The lowest BCUT2D eigenvalue weighted by Crippen LogP contribution is -2.01. The average molecular weight is 339 g/mol. The quantitative estimate of drug-likeness (QED) is 0.901. The van der Waals surface area contributed by atoms with Crippen LogP contribution < -0.4 is 4.74 Å². The summed E-state index contributed by atoms with van der Waals surface area (Å²) in [5.74, 6) is -0.680. The van der Waals surface area contributed by atoms with Gasteiger partial charge in [0.15, 0.2) is 0 Å². The summed E-state index contributed by atoms with van der Waals surface area (Å²) in [6.07, 6.45) is -0.0547. The molecular weight excluding hydrogens is 327 g/mol. The predicted molar refractivity (Wildman–Crippen MR) is 76.2 cm³/mol. The highest BCUT2D eigenvalue weighted by molar-refractivity contribution is 9.10. The first-order valence-electron chi connectivity index (χ1n) is 5.92. The van der Waals surface area contributed by atoms with Crippen LogP contribution in [-0.2, 0) is 17.8 Å². The number of carboxylic acid groups (broad SMARTS) is 1. The van der Waals surface area contributed by atoms with Gasteiger partial charge in [-0.2, -0.15) is 0 Å². The maximum absolute atomic E-state index is 13.3. The summed E-state index contributed by atoms with van der Waals surface area (Å²) < 4.78 is 19.3. The van der Waals surface area contributed by atoms with E-state index in [0.29, 0.717) is 21.3 Å². The molecule has 0 amide bonds. The van der Waals surface area contributed by atoms with E-state index in [1.165, 1.54) is 6.07 Å². The Morgan fingerprint density at radius 2 is 2.00 bits per heavy atom. The molecule has 0 radical (unpaired) electrons. The minimum absolute atomic E-state index is 0.0547. The second kappa shape index (κ2) is 6.52. The molecule has 0 atom stereocenters. The van der Waals surface area contributed by atoms with Crippen LogP contribution in [-0.4, -0.2) is 11.1 Å². The van der Waals surface area contributed by atoms with E-state index < -0.39 is 5.97 Å². The Morgan fingerprint density at radius 1 is 1.25 bits per heavy atom. The van der Waals surface area contributed by atoms with Gasteiger partial charge in [0, 0.05) is 5.56 Å². The molecule has 3 nitrogen and oxygen atoms in total. The Morgan fingerprint density at radius 3 is 2.75 bits per heavy atom. The van der Waals surface area contributed by atoms with Crippen molar-refractivity contribution < 1.29 is 19.0 Å². The number of aliphatic carboxylic acids is 1. The fourth-order valence-electron chi connectivity index (χ4n) is 1.74. The van der Waals surface area contributed by atoms with Gasteiger partial charge < -0.3 is 9.84 Å². The van der Waals surface area contributed by atoms with Crippen molar-refractivity contribution in [1.82, 2.24) is 0 Å². The zero-order chi connectivity index (χ0) is 14.5. The summed E-state index contributed by atoms with van der Waals surface area (Å²) in [4.78, 5) is 10.7. The summed E-state index contributed by atoms with van der Waals surface area (Å²) in [7, 11) is 0. The molecule has 0 bridgehead atoms. The molecule has 2 aromatic rings. The van der Waals surface area contributed by atoms with Crippen LogP contribution in [0.5, 0.6) is 5.75 Å². The van der Waals surface area contributed by atoms with Crippen molar-refractivity contribution in [3.8, 4) is 5.75 Å². The number of ether oxygens (including phenoxy) is 1. The molecule has 0 spiro atoms. The summed E-state index contributed by atoms with van der Waals surface area (Å²) in [5, 5.41) is 8.74. The SMILES string of the molecule is O=C(O)Cc1cccc(OCc2cccc(F)c2Br)c1. The third-order valence-corrected chi connectivity index (χ3v) is 3.57. The molecule has 20 heavy (non-hydrogen) atoms. The molecule has 5 heteroatoms. The van der Waals surface area contributed by atoms with Crippen molar-refractivity contribution in [3.63, 3.8) is 0 Å². The minimum atomic E-state index is -0.893. The molecular formula is C15H12BrFO3. The number of hydrogen-bond acceptors (Lipinski definition) is 2. The van der Waals surface area contributed by atoms with Crippen molar-refractivity contribution in [1.29, 1.82) is 0 Å². The lowest BCUT2D eigenvalue weighted by Gasteiger charge is -2.09. The highest BCUT2D eigenvalue weighted by Crippen LogP contribution is 2.22. The van der Waals surface area contributed by atoms with Crippen molar-refractivity contribution in [2.75, 3.05) is 0 Å². The Bertz CT molecular complexity index is 628. The summed E-state index contributed by atoms with van der Waals surface area (Å²) in [5.41, 5.74) is 1.35. The normalized spacial score (nSPS) is 10.3. The first-order valence-corrected chi connectivity index (χ1v) is 6.72. The Labute approximate surface area is 124 Å². The molecule has 0 aromatic heterocycles. The minimum Gasteiger partial charge on any atom is -0.489 e. The van der Waals surface area contributed by atoms with E-state index >= 15 is 0 Å². The lowest BCUT2D eigenvalue weighted by molar-refractivity contribution is -0.136. The van der Waals surface area contributed by atoms with Crippen molar-refractivity contribution in [2.24, 2.45) is 0 Å². The van der Waals surface area contributed by atoms with Crippen LogP contribution in [0, 0.1) is 5.82 Å². The standard InChI is InChI=1S/C15H12BrFO3/c16-15-11(4-2-6-13(15)17)9-20-12-5-1-3-10(7-12)8-14(18)19/h1-7H,8-9H2,(H,18,19).